The largest absolute Gasteiger partial charge is 0.350 e. The highest BCUT2D eigenvalue weighted by Gasteiger charge is 2.25. The topological polar surface area (TPSA) is 70.7 Å². The Bertz CT molecular complexity index is 313. The second-order valence-electron chi connectivity index (χ2n) is 3.88. The number of rotatable bonds is 6. The zero-order chi connectivity index (χ0) is 12.0. The normalized spacial score (nSPS) is 11.4. The Morgan fingerprint density at radius 1 is 1.56 bits per heavy atom. The Balaban J connectivity index is 2.53. The van der Waals surface area contributed by atoms with Gasteiger partial charge in [-0.05, 0) is 18.3 Å². The van der Waals surface area contributed by atoms with E-state index in [1.54, 1.807) is 0 Å². The predicted octanol–water partition coefficient (Wildman–Crippen LogP) is 1.74. The molecule has 1 heterocycles. The number of nitrogens with zero attached hydrogens (tertiary/aromatic N) is 2. The average Bonchev–Trinajstić information content (AvgIpc) is 2.85. The summed E-state index contributed by atoms with van der Waals surface area (Å²) in [6.45, 7) is 4.91. The molecule has 0 unspecified atom stereocenters. The first-order valence-electron chi connectivity index (χ1n) is 5.37. The molecule has 0 aromatic carbocycles. The van der Waals surface area contributed by atoms with E-state index in [9.17, 15) is 4.79 Å². The molecule has 1 rings (SSSR count). The number of aromatic amines is 1. The van der Waals surface area contributed by atoms with Crippen LogP contribution in [0.1, 0.15) is 37.2 Å². The summed E-state index contributed by atoms with van der Waals surface area (Å²) in [5.74, 6) is -0.180. The number of aromatic nitrogens is 3. The molecule has 1 aromatic rings. The fourth-order valence-electron chi connectivity index (χ4n) is 1.41. The molecule has 0 aliphatic heterocycles. The van der Waals surface area contributed by atoms with E-state index < -0.39 is 0 Å². The van der Waals surface area contributed by atoms with Crippen LogP contribution in [0.2, 0.25) is 0 Å². The molecule has 0 aliphatic rings. The first-order valence-corrected chi connectivity index (χ1v) is 6.49. The third kappa shape index (κ3) is 3.04. The van der Waals surface area contributed by atoms with Gasteiger partial charge in [0.1, 0.15) is 0 Å². The monoisotopic (exact) mass is 288 g/mol. The van der Waals surface area contributed by atoms with Gasteiger partial charge in [-0.2, -0.15) is 15.4 Å². The lowest BCUT2D eigenvalue weighted by molar-refractivity contribution is 0.0927. The lowest BCUT2D eigenvalue weighted by atomic mass is 9.84. The van der Waals surface area contributed by atoms with Gasteiger partial charge in [0.25, 0.3) is 5.91 Å². The van der Waals surface area contributed by atoms with Crippen molar-refractivity contribution in [1.82, 2.24) is 20.7 Å². The van der Waals surface area contributed by atoms with Gasteiger partial charge in [0.15, 0.2) is 5.69 Å². The summed E-state index contributed by atoms with van der Waals surface area (Å²) in [5, 5.41) is 13.5. The third-order valence-electron chi connectivity index (χ3n) is 3.06. The van der Waals surface area contributed by atoms with Crippen molar-refractivity contribution < 1.29 is 4.79 Å². The van der Waals surface area contributed by atoms with E-state index in [0.717, 1.165) is 18.2 Å². The highest BCUT2D eigenvalue weighted by Crippen LogP contribution is 2.27. The minimum Gasteiger partial charge on any atom is -0.350 e. The van der Waals surface area contributed by atoms with Gasteiger partial charge in [-0.25, -0.2) is 0 Å². The molecule has 0 bridgehead atoms. The van der Waals surface area contributed by atoms with E-state index in [4.69, 9.17) is 0 Å². The van der Waals surface area contributed by atoms with E-state index in [1.807, 2.05) is 0 Å². The fourth-order valence-corrected chi connectivity index (χ4v) is 2.40. The molecule has 0 spiro atoms. The molecule has 1 amide bonds. The highest BCUT2D eigenvalue weighted by atomic mass is 79.9. The number of amides is 1. The minimum absolute atomic E-state index is 0.124. The maximum Gasteiger partial charge on any atom is 0.273 e. The second-order valence-corrected chi connectivity index (χ2v) is 4.44. The predicted molar refractivity (Wildman–Crippen MR) is 65.5 cm³/mol. The molecule has 90 valence electrons. The zero-order valence-electron chi connectivity index (χ0n) is 9.59. The lowest BCUT2D eigenvalue weighted by Gasteiger charge is -2.29. The summed E-state index contributed by atoms with van der Waals surface area (Å²) in [6, 6.07) is 0. The molecule has 0 aliphatic carbocycles. The summed E-state index contributed by atoms with van der Waals surface area (Å²) in [4.78, 5) is 11.7. The van der Waals surface area contributed by atoms with Crippen molar-refractivity contribution in [3.8, 4) is 0 Å². The van der Waals surface area contributed by atoms with E-state index in [-0.39, 0.29) is 11.3 Å². The number of carbonyl (C=O) groups is 1. The zero-order valence-corrected chi connectivity index (χ0v) is 11.2. The summed E-state index contributed by atoms with van der Waals surface area (Å²) >= 11 is 3.51. The number of hydrogen-bond donors (Lipinski definition) is 2. The summed E-state index contributed by atoms with van der Waals surface area (Å²) in [6.07, 6.45) is 3.46. The molecule has 0 radical (unpaired) electrons. The minimum atomic E-state index is -0.180. The first kappa shape index (κ1) is 13.2. The van der Waals surface area contributed by atoms with E-state index in [2.05, 4.69) is 50.5 Å². The fraction of sp³-hybridized carbons (Fsp3) is 0.700. The molecular formula is C10H17BrN4O. The standard InChI is InChI=1S/C10H17BrN4O/c1-3-10(4-2,6-11)7-12-9(16)8-5-13-15-14-8/h5H,3-4,6-7H2,1-2H3,(H,12,16)(H,13,14,15). The van der Waals surface area contributed by atoms with Crippen molar-refractivity contribution in [3.05, 3.63) is 11.9 Å². The molecule has 0 saturated carbocycles. The van der Waals surface area contributed by atoms with Gasteiger partial charge in [0.05, 0.1) is 6.20 Å². The first-order chi connectivity index (χ1) is 7.67. The van der Waals surface area contributed by atoms with Crippen molar-refractivity contribution in [2.24, 2.45) is 5.41 Å². The van der Waals surface area contributed by atoms with Gasteiger partial charge in [-0.1, -0.05) is 29.8 Å². The van der Waals surface area contributed by atoms with E-state index in [1.165, 1.54) is 6.20 Å². The number of carbonyl (C=O) groups excluding carboxylic acids is 1. The number of hydrogen-bond acceptors (Lipinski definition) is 3. The Morgan fingerprint density at radius 2 is 2.25 bits per heavy atom. The number of alkyl halides is 1. The van der Waals surface area contributed by atoms with Crippen LogP contribution in [-0.4, -0.2) is 33.2 Å². The van der Waals surface area contributed by atoms with Crippen LogP contribution in [-0.2, 0) is 0 Å². The molecule has 0 atom stereocenters. The number of nitrogens with one attached hydrogen (secondary N) is 2. The van der Waals surface area contributed by atoms with Crippen LogP contribution in [0.3, 0.4) is 0 Å². The van der Waals surface area contributed by atoms with Crippen LogP contribution < -0.4 is 5.32 Å². The molecule has 6 heteroatoms. The SMILES string of the molecule is CCC(CC)(CBr)CNC(=O)c1cn[nH]n1. The van der Waals surface area contributed by atoms with E-state index in [0.29, 0.717) is 12.2 Å². The molecule has 1 aromatic heterocycles. The van der Waals surface area contributed by atoms with Crippen LogP contribution in [0.25, 0.3) is 0 Å². The molecule has 16 heavy (non-hydrogen) atoms. The second kappa shape index (κ2) is 5.98. The van der Waals surface area contributed by atoms with Crippen LogP contribution in [0.15, 0.2) is 6.20 Å². The van der Waals surface area contributed by atoms with Crippen LogP contribution in [0.5, 0.6) is 0 Å². The molecule has 0 fully saturated rings. The Kier molecular flexibility index (Phi) is 4.92. The van der Waals surface area contributed by atoms with Gasteiger partial charge < -0.3 is 5.32 Å². The Hall–Kier alpha value is -0.910. The lowest BCUT2D eigenvalue weighted by Crippen LogP contribution is -2.38. The Morgan fingerprint density at radius 3 is 2.69 bits per heavy atom. The van der Waals surface area contributed by atoms with Gasteiger partial charge in [0, 0.05) is 11.9 Å². The molecule has 0 saturated heterocycles. The van der Waals surface area contributed by atoms with Gasteiger partial charge in [-0.3, -0.25) is 4.79 Å². The third-order valence-corrected chi connectivity index (χ3v) is 4.24. The maximum absolute atomic E-state index is 11.7. The maximum atomic E-state index is 11.7. The Labute approximate surface area is 104 Å². The number of halogens is 1. The smallest absolute Gasteiger partial charge is 0.273 e. The van der Waals surface area contributed by atoms with Crippen molar-refractivity contribution in [2.45, 2.75) is 26.7 Å². The molecular weight excluding hydrogens is 272 g/mol. The van der Waals surface area contributed by atoms with Gasteiger partial charge >= 0.3 is 0 Å². The summed E-state index contributed by atoms with van der Waals surface area (Å²) < 4.78 is 0. The van der Waals surface area contributed by atoms with E-state index >= 15 is 0 Å². The summed E-state index contributed by atoms with van der Waals surface area (Å²) in [5.41, 5.74) is 0.454. The van der Waals surface area contributed by atoms with Crippen molar-refractivity contribution in [1.29, 1.82) is 0 Å². The van der Waals surface area contributed by atoms with Crippen LogP contribution in [0.4, 0.5) is 0 Å². The van der Waals surface area contributed by atoms with Crippen molar-refractivity contribution in [2.75, 3.05) is 11.9 Å². The van der Waals surface area contributed by atoms with Gasteiger partial charge in [0.2, 0.25) is 0 Å². The molecule has 5 nitrogen and oxygen atoms in total. The van der Waals surface area contributed by atoms with Crippen LogP contribution >= 0.6 is 15.9 Å². The summed E-state index contributed by atoms with van der Waals surface area (Å²) in [7, 11) is 0. The van der Waals surface area contributed by atoms with Crippen molar-refractivity contribution in [3.63, 3.8) is 0 Å². The average molecular weight is 289 g/mol. The van der Waals surface area contributed by atoms with Crippen LogP contribution in [0, 0.1) is 5.41 Å². The molecule has 2 N–H and O–H groups in total. The highest BCUT2D eigenvalue weighted by molar-refractivity contribution is 9.09. The quantitative estimate of drug-likeness (QED) is 0.784. The van der Waals surface area contributed by atoms with Crippen molar-refractivity contribution >= 4 is 21.8 Å². The number of H-pyrrole nitrogens is 1. The van der Waals surface area contributed by atoms with Gasteiger partial charge in [-0.15, -0.1) is 0 Å².